The van der Waals surface area contributed by atoms with Gasteiger partial charge < -0.3 is 4.98 Å². The fourth-order valence-electron chi connectivity index (χ4n) is 2.76. The summed E-state index contributed by atoms with van der Waals surface area (Å²) in [6.07, 6.45) is 4.07. The molecule has 0 atom stereocenters. The number of aryl methyl sites for hydroxylation is 1. The van der Waals surface area contributed by atoms with Crippen molar-refractivity contribution in [3.63, 3.8) is 0 Å². The van der Waals surface area contributed by atoms with Crippen LogP contribution in [0.15, 0.2) is 19.2 Å². The summed E-state index contributed by atoms with van der Waals surface area (Å²) in [5.41, 5.74) is -2.54. The van der Waals surface area contributed by atoms with E-state index in [0.717, 1.165) is 17.4 Å². The molecule has 8 nitrogen and oxygen atoms in total. The van der Waals surface area contributed by atoms with E-state index in [1.54, 1.807) is 0 Å². The van der Waals surface area contributed by atoms with E-state index in [-0.39, 0.29) is 11.0 Å². The molecule has 118 valence electrons. The number of H-pyrrole nitrogens is 2. The maximum Gasteiger partial charge on any atom is 0.331 e. The van der Waals surface area contributed by atoms with Crippen LogP contribution in [0, 0.1) is 5.41 Å². The minimum Gasteiger partial charge on any atom is -0.301 e. The molecule has 0 aromatic carbocycles. The van der Waals surface area contributed by atoms with Gasteiger partial charge in [-0.2, -0.15) is 0 Å². The Morgan fingerprint density at radius 3 is 2.45 bits per heavy atom. The lowest BCUT2D eigenvalue weighted by molar-refractivity contribution is 0.458. The van der Waals surface area contributed by atoms with Crippen molar-refractivity contribution in [2.75, 3.05) is 0 Å². The molecule has 1 aliphatic rings. The lowest BCUT2D eigenvalue weighted by atomic mass is 10.0. The zero-order chi connectivity index (χ0) is 16.1. The fourth-order valence-corrected chi connectivity index (χ4v) is 2.76. The van der Waals surface area contributed by atoms with Gasteiger partial charge in [0, 0.05) is 13.6 Å². The molecule has 2 aromatic rings. The monoisotopic (exact) mass is 306 g/mol. The number of hydrogen-bond acceptors (Lipinski definition) is 4. The third kappa shape index (κ3) is 2.34. The van der Waals surface area contributed by atoms with Gasteiger partial charge in [0.15, 0.2) is 0 Å². The molecule has 2 aromatic heterocycles. The second-order valence-electron chi connectivity index (χ2n) is 6.34. The second-order valence-corrected chi connectivity index (χ2v) is 6.34. The fraction of sp³-hybridized carbons (Fsp3) is 0.571. The number of nitrogens with one attached hydrogen (secondary N) is 2. The summed E-state index contributed by atoms with van der Waals surface area (Å²) in [4.78, 5) is 52.2. The predicted molar refractivity (Wildman–Crippen MR) is 81.3 cm³/mol. The minimum absolute atomic E-state index is 0.0614. The molecule has 0 bridgehead atoms. The first-order valence-electron chi connectivity index (χ1n) is 7.29. The van der Waals surface area contributed by atoms with Gasteiger partial charge in [-0.15, -0.1) is 0 Å². The van der Waals surface area contributed by atoms with Gasteiger partial charge >= 0.3 is 11.4 Å². The van der Waals surface area contributed by atoms with Crippen LogP contribution in [0.3, 0.4) is 0 Å². The number of hydrogen-bond donors (Lipinski definition) is 2. The van der Waals surface area contributed by atoms with Crippen LogP contribution in [0.1, 0.15) is 32.6 Å². The number of aromatic amines is 2. The number of rotatable bonds is 4. The van der Waals surface area contributed by atoms with Crippen molar-refractivity contribution in [3.8, 4) is 0 Å². The molecule has 0 spiro atoms. The lowest BCUT2D eigenvalue weighted by Crippen LogP contribution is -2.42. The summed E-state index contributed by atoms with van der Waals surface area (Å²) in [5, 5.41) is 0. The molecule has 1 aliphatic carbocycles. The van der Waals surface area contributed by atoms with E-state index in [0.29, 0.717) is 12.0 Å². The molecule has 0 unspecified atom stereocenters. The summed E-state index contributed by atoms with van der Waals surface area (Å²) in [6.45, 7) is 2.53. The van der Waals surface area contributed by atoms with Gasteiger partial charge in [-0.1, -0.05) is 6.92 Å². The van der Waals surface area contributed by atoms with E-state index in [2.05, 4.69) is 16.9 Å². The van der Waals surface area contributed by atoms with Crippen LogP contribution in [0.25, 0.3) is 11.0 Å². The Labute approximate surface area is 124 Å². The number of nitrogens with zero attached hydrogens (tertiary/aromatic N) is 2. The lowest BCUT2D eigenvalue weighted by Gasteiger charge is -2.12. The van der Waals surface area contributed by atoms with Crippen molar-refractivity contribution < 1.29 is 0 Å². The van der Waals surface area contributed by atoms with Gasteiger partial charge in [-0.3, -0.25) is 23.7 Å². The SMILES string of the molecule is Cn1c(=O)c2[nH]c(=O)[nH]c(=O)c2n(CCCC2(C)CC2)c1=O. The molecular weight excluding hydrogens is 288 g/mol. The topological polar surface area (TPSA) is 110 Å². The highest BCUT2D eigenvalue weighted by Gasteiger charge is 2.36. The standard InChI is InChI=1S/C14H18N4O4/c1-14(5-6-14)4-3-7-18-9-8(11(20)17(2)13(18)22)15-12(21)16-10(9)19/h3-7H2,1-2H3,(H2,15,16,19,21). The summed E-state index contributed by atoms with van der Waals surface area (Å²) >= 11 is 0. The smallest absolute Gasteiger partial charge is 0.301 e. The van der Waals surface area contributed by atoms with Gasteiger partial charge in [0.1, 0.15) is 11.0 Å². The molecule has 22 heavy (non-hydrogen) atoms. The highest BCUT2D eigenvalue weighted by molar-refractivity contribution is 5.71. The molecule has 0 saturated heterocycles. The summed E-state index contributed by atoms with van der Waals surface area (Å²) in [5.74, 6) is 0. The Kier molecular flexibility index (Phi) is 3.19. The van der Waals surface area contributed by atoms with Crippen molar-refractivity contribution in [2.45, 2.75) is 39.2 Å². The van der Waals surface area contributed by atoms with Crippen LogP contribution < -0.4 is 22.5 Å². The van der Waals surface area contributed by atoms with Gasteiger partial charge in [0.2, 0.25) is 0 Å². The average Bonchev–Trinajstić information content (AvgIpc) is 3.18. The van der Waals surface area contributed by atoms with Crippen LogP contribution >= 0.6 is 0 Å². The van der Waals surface area contributed by atoms with Crippen LogP contribution in [0.5, 0.6) is 0 Å². The van der Waals surface area contributed by atoms with Crippen LogP contribution in [-0.4, -0.2) is 19.1 Å². The molecule has 2 N–H and O–H groups in total. The van der Waals surface area contributed by atoms with Crippen LogP contribution in [-0.2, 0) is 13.6 Å². The van der Waals surface area contributed by atoms with Gasteiger partial charge in [-0.25, -0.2) is 9.59 Å². The van der Waals surface area contributed by atoms with Crippen molar-refractivity contribution >= 4 is 11.0 Å². The first kappa shape index (κ1) is 14.6. The maximum absolute atomic E-state index is 12.3. The molecule has 8 heteroatoms. The van der Waals surface area contributed by atoms with E-state index in [1.807, 2.05) is 0 Å². The van der Waals surface area contributed by atoms with Crippen molar-refractivity contribution in [1.29, 1.82) is 0 Å². The van der Waals surface area contributed by atoms with E-state index in [4.69, 9.17) is 0 Å². The quantitative estimate of drug-likeness (QED) is 0.805. The third-order valence-electron chi connectivity index (χ3n) is 4.49. The molecule has 3 rings (SSSR count). The van der Waals surface area contributed by atoms with Gasteiger partial charge in [-0.05, 0) is 31.1 Å². The molecule has 0 amide bonds. The summed E-state index contributed by atoms with van der Waals surface area (Å²) < 4.78 is 2.19. The van der Waals surface area contributed by atoms with E-state index in [1.165, 1.54) is 24.5 Å². The largest absolute Gasteiger partial charge is 0.331 e. The normalized spacial score (nSPS) is 16.1. The van der Waals surface area contributed by atoms with Crippen LogP contribution in [0.4, 0.5) is 0 Å². The van der Waals surface area contributed by atoms with Crippen molar-refractivity contribution in [3.05, 3.63) is 41.7 Å². The first-order valence-corrected chi connectivity index (χ1v) is 7.29. The van der Waals surface area contributed by atoms with E-state index >= 15 is 0 Å². The highest BCUT2D eigenvalue weighted by Crippen LogP contribution is 2.48. The Hall–Kier alpha value is -2.38. The predicted octanol–water partition coefficient (Wildman–Crippen LogP) is -0.343. The zero-order valence-corrected chi connectivity index (χ0v) is 12.6. The Morgan fingerprint density at radius 2 is 1.82 bits per heavy atom. The van der Waals surface area contributed by atoms with Crippen LogP contribution in [0.2, 0.25) is 0 Å². The Bertz CT molecular complexity index is 971. The van der Waals surface area contributed by atoms with E-state index < -0.39 is 22.5 Å². The molecular formula is C14H18N4O4. The molecule has 1 fully saturated rings. The highest BCUT2D eigenvalue weighted by atomic mass is 16.2. The summed E-state index contributed by atoms with van der Waals surface area (Å²) in [7, 11) is 1.34. The van der Waals surface area contributed by atoms with Gasteiger partial charge in [0.05, 0.1) is 0 Å². The first-order chi connectivity index (χ1) is 10.3. The number of fused-ring (bicyclic) bond motifs is 1. The molecule has 2 heterocycles. The van der Waals surface area contributed by atoms with Gasteiger partial charge in [0.25, 0.3) is 11.1 Å². The molecule has 1 saturated carbocycles. The Balaban J connectivity index is 2.15. The average molecular weight is 306 g/mol. The van der Waals surface area contributed by atoms with Crippen molar-refractivity contribution in [2.24, 2.45) is 12.5 Å². The third-order valence-corrected chi connectivity index (χ3v) is 4.49. The molecule has 0 radical (unpaired) electrons. The van der Waals surface area contributed by atoms with Crippen molar-refractivity contribution in [1.82, 2.24) is 19.1 Å². The molecule has 0 aliphatic heterocycles. The minimum atomic E-state index is -0.759. The zero-order valence-electron chi connectivity index (χ0n) is 12.6. The Morgan fingerprint density at radius 1 is 1.14 bits per heavy atom. The maximum atomic E-state index is 12.3. The summed E-state index contributed by atoms with van der Waals surface area (Å²) in [6, 6.07) is 0. The van der Waals surface area contributed by atoms with E-state index in [9.17, 15) is 19.2 Å². The second kappa shape index (κ2) is 4.82. The number of aromatic nitrogens is 4.